The summed E-state index contributed by atoms with van der Waals surface area (Å²) in [7, 11) is 0. The number of rotatable bonds is 8. The van der Waals surface area contributed by atoms with Crippen LogP contribution in [0.3, 0.4) is 0 Å². The third kappa shape index (κ3) is 3.48. The molecule has 1 aromatic rings. The van der Waals surface area contributed by atoms with Gasteiger partial charge >= 0.3 is 5.97 Å². The standard InChI is InChI=1S/C16H27N3O3/c1-6-9-19-12(5)13(11(4)18-19)14(20)17-10-16(7-2,8-3)15(21)22/h6-10H2,1-5H3,(H,17,20)(H,21,22). The Kier molecular flexibility index (Phi) is 6.14. The smallest absolute Gasteiger partial charge is 0.311 e. The SMILES string of the molecule is CCCn1nc(C)c(C(=O)NCC(CC)(CC)C(=O)O)c1C. The van der Waals surface area contributed by atoms with Crippen LogP contribution < -0.4 is 5.32 Å². The molecule has 0 bridgehead atoms. The summed E-state index contributed by atoms with van der Waals surface area (Å²) in [5, 5.41) is 16.6. The highest BCUT2D eigenvalue weighted by molar-refractivity contribution is 5.96. The lowest BCUT2D eigenvalue weighted by atomic mass is 9.82. The third-order valence-corrected chi connectivity index (χ3v) is 4.44. The number of carbonyl (C=O) groups is 2. The molecule has 2 N–H and O–H groups in total. The zero-order chi connectivity index (χ0) is 16.9. The van der Waals surface area contributed by atoms with Crippen molar-refractivity contribution in [2.24, 2.45) is 5.41 Å². The maximum absolute atomic E-state index is 12.4. The number of nitrogens with one attached hydrogen (secondary N) is 1. The Bertz CT molecular complexity index is 545. The van der Waals surface area contributed by atoms with Gasteiger partial charge in [-0.3, -0.25) is 14.3 Å². The highest BCUT2D eigenvalue weighted by atomic mass is 16.4. The van der Waals surface area contributed by atoms with E-state index in [2.05, 4.69) is 17.3 Å². The number of carboxylic acids is 1. The minimum absolute atomic E-state index is 0.131. The number of carboxylic acid groups (broad SMARTS) is 1. The maximum atomic E-state index is 12.4. The summed E-state index contributed by atoms with van der Waals surface area (Å²) in [5.74, 6) is -1.11. The first-order valence-corrected chi connectivity index (χ1v) is 7.88. The predicted octanol–water partition coefficient (Wildman–Crippen LogP) is 2.53. The molecular weight excluding hydrogens is 282 g/mol. The summed E-state index contributed by atoms with van der Waals surface area (Å²) < 4.78 is 1.83. The molecule has 0 unspecified atom stereocenters. The van der Waals surface area contributed by atoms with Gasteiger partial charge < -0.3 is 10.4 Å². The fourth-order valence-electron chi connectivity index (χ4n) is 2.67. The molecule has 0 aliphatic rings. The molecule has 0 fully saturated rings. The molecule has 22 heavy (non-hydrogen) atoms. The monoisotopic (exact) mass is 309 g/mol. The molecule has 1 heterocycles. The van der Waals surface area contributed by atoms with E-state index in [4.69, 9.17) is 0 Å². The molecule has 1 rings (SSSR count). The summed E-state index contributed by atoms with van der Waals surface area (Å²) in [6.07, 6.45) is 1.90. The lowest BCUT2D eigenvalue weighted by Crippen LogP contribution is -2.42. The first kappa shape index (κ1) is 18.2. The van der Waals surface area contributed by atoms with Crippen molar-refractivity contribution in [2.75, 3.05) is 6.54 Å². The zero-order valence-corrected chi connectivity index (χ0v) is 14.2. The number of carbonyl (C=O) groups excluding carboxylic acids is 1. The van der Waals surface area contributed by atoms with Crippen LogP contribution in [0.2, 0.25) is 0 Å². The van der Waals surface area contributed by atoms with Crippen LogP contribution in [0, 0.1) is 19.3 Å². The summed E-state index contributed by atoms with van der Waals surface area (Å²) in [6, 6.07) is 0. The lowest BCUT2D eigenvalue weighted by Gasteiger charge is -2.26. The second-order valence-electron chi connectivity index (χ2n) is 5.74. The molecule has 0 radical (unpaired) electrons. The van der Waals surface area contributed by atoms with Gasteiger partial charge in [-0.1, -0.05) is 20.8 Å². The Balaban J connectivity index is 2.92. The van der Waals surface area contributed by atoms with Crippen molar-refractivity contribution in [2.45, 2.75) is 60.4 Å². The first-order chi connectivity index (χ1) is 10.3. The minimum atomic E-state index is -0.906. The van der Waals surface area contributed by atoms with Crippen molar-refractivity contribution in [1.82, 2.24) is 15.1 Å². The van der Waals surface area contributed by atoms with E-state index < -0.39 is 11.4 Å². The van der Waals surface area contributed by atoms with E-state index in [9.17, 15) is 14.7 Å². The van der Waals surface area contributed by atoms with Crippen LogP contribution >= 0.6 is 0 Å². The molecule has 0 aliphatic heterocycles. The molecule has 0 aromatic carbocycles. The molecule has 0 saturated heterocycles. The molecule has 124 valence electrons. The third-order valence-electron chi connectivity index (χ3n) is 4.44. The number of nitrogens with zero attached hydrogens (tertiary/aromatic N) is 2. The minimum Gasteiger partial charge on any atom is -0.481 e. The normalized spacial score (nSPS) is 11.5. The topological polar surface area (TPSA) is 84.2 Å². The molecule has 1 aromatic heterocycles. The maximum Gasteiger partial charge on any atom is 0.311 e. The number of aliphatic carboxylic acids is 1. The van der Waals surface area contributed by atoms with Crippen molar-refractivity contribution in [3.8, 4) is 0 Å². The van der Waals surface area contributed by atoms with Gasteiger partial charge in [-0.2, -0.15) is 5.10 Å². The molecule has 0 spiro atoms. The largest absolute Gasteiger partial charge is 0.481 e. The first-order valence-electron chi connectivity index (χ1n) is 7.88. The van der Waals surface area contributed by atoms with E-state index in [0.717, 1.165) is 18.7 Å². The van der Waals surface area contributed by atoms with Gasteiger partial charge in [-0.15, -0.1) is 0 Å². The van der Waals surface area contributed by atoms with Crippen molar-refractivity contribution in [1.29, 1.82) is 0 Å². The summed E-state index contributed by atoms with van der Waals surface area (Å²) in [6.45, 7) is 10.3. The van der Waals surface area contributed by atoms with Gasteiger partial charge in [0.25, 0.3) is 5.91 Å². The number of hydrogen-bond acceptors (Lipinski definition) is 3. The Labute approximate surface area is 131 Å². The van der Waals surface area contributed by atoms with E-state index in [1.54, 1.807) is 6.92 Å². The van der Waals surface area contributed by atoms with Gasteiger partial charge in [-0.05, 0) is 33.1 Å². The average Bonchev–Trinajstić information content (AvgIpc) is 2.75. The Hall–Kier alpha value is -1.85. The molecule has 0 atom stereocenters. The Morgan fingerprint density at radius 3 is 2.27 bits per heavy atom. The highest BCUT2D eigenvalue weighted by Gasteiger charge is 2.35. The van der Waals surface area contributed by atoms with Crippen LogP contribution in [-0.2, 0) is 11.3 Å². The van der Waals surface area contributed by atoms with E-state index in [-0.39, 0.29) is 12.5 Å². The van der Waals surface area contributed by atoms with Gasteiger partial charge in [0.15, 0.2) is 0 Å². The van der Waals surface area contributed by atoms with E-state index in [1.807, 2.05) is 25.5 Å². The van der Waals surface area contributed by atoms with Crippen LogP contribution in [0.25, 0.3) is 0 Å². The lowest BCUT2D eigenvalue weighted by molar-refractivity contribution is -0.149. The van der Waals surface area contributed by atoms with Crippen LogP contribution in [-0.4, -0.2) is 33.3 Å². The van der Waals surface area contributed by atoms with E-state index in [0.29, 0.717) is 24.1 Å². The van der Waals surface area contributed by atoms with Gasteiger partial charge in [-0.25, -0.2) is 0 Å². The molecule has 6 nitrogen and oxygen atoms in total. The predicted molar refractivity (Wildman–Crippen MR) is 85.0 cm³/mol. The van der Waals surface area contributed by atoms with Crippen LogP contribution in [0.1, 0.15) is 61.8 Å². The fourth-order valence-corrected chi connectivity index (χ4v) is 2.67. The summed E-state index contributed by atoms with van der Waals surface area (Å²) in [5.41, 5.74) is 1.15. The average molecular weight is 309 g/mol. The Morgan fingerprint density at radius 1 is 1.23 bits per heavy atom. The van der Waals surface area contributed by atoms with Crippen molar-refractivity contribution in [3.63, 3.8) is 0 Å². The van der Waals surface area contributed by atoms with Crippen molar-refractivity contribution >= 4 is 11.9 Å². The van der Waals surface area contributed by atoms with E-state index >= 15 is 0 Å². The van der Waals surface area contributed by atoms with Gasteiger partial charge in [0, 0.05) is 18.8 Å². The van der Waals surface area contributed by atoms with Gasteiger partial charge in [0.1, 0.15) is 0 Å². The number of aryl methyl sites for hydroxylation is 2. The number of hydrogen-bond donors (Lipinski definition) is 2. The van der Waals surface area contributed by atoms with Crippen LogP contribution in [0.15, 0.2) is 0 Å². The summed E-state index contributed by atoms with van der Waals surface area (Å²) in [4.78, 5) is 23.9. The molecule has 0 aliphatic carbocycles. The fraction of sp³-hybridized carbons (Fsp3) is 0.688. The second kappa shape index (κ2) is 7.42. The summed E-state index contributed by atoms with van der Waals surface area (Å²) >= 11 is 0. The number of aromatic nitrogens is 2. The zero-order valence-electron chi connectivity index (χ0n) is 14.2. The van der Waals surface area contributed by atoms with Crippen LogP contribution in [0.4, 0.5) is 0 Å². The molecular formula is C16H27N3O3. The van der Waals surface area contributed by atoms with Crippen molar-refractivity contribution in [3.05, 3.63) is 17.0 Å². The molecule has 6 heteroatoms. The number of amides is 1. The second-order valence-corrected chi connectivity index (χ2v) is 5.74. The van der Waals surface area contributed by atoms with Gasteiger partial charge in [0.2, 0.25) is 0 Å². The van der Waals surface area contributed by atoms with Crippen molar-refractivity contribution < 1.29 is 14.7 Å². The Morgan fingerprint density at radius 2 is 1.82 bits per heavy atom. The van der Waals surface area contributed by atoms with Gasteiger partial charge in [0.05, 0.1) is 16.7 Å². The van der Waals surface area contributed by atoms with E-state index in [1.165, 1.54) is 0 Å². The molecule has 0 saturated carbocycles. The highest BCUT2D eigenvalue weighted by Crippen LogP contribution is 2.26. The van der Waals surface area contributed by atoms with Crippen LogP contribution in [0.5, 0.6) is 0 Å². The quantitative estimate of drug-likeness (QED) is 0.773. The molecule has 1 amide bonds.